The third-order valence-electron chi connectivity index (χ3n) is 2.64. The second-order valence-electron chi connectivity index (χ2n) is 4.85. The Balaban J connectivity index is 2.41. The Kier molecular flexibility index (Phi) is 5.65. The Morgan fingerprint density at radius 3 is 2.44 bits per heavy atom. The van der Waals surface area contributed by atoms with Crippen LogP contribution in [0.15, 0.2) is 24.3 Å². The van der Waals surface area contributed by atoms with E-state index in [0.717, 1.165) is 31.0 Å². The number of benzene rings is 1. The number of rotatable bonds is 7. The van der Waals surface area contributed by atoms with Crippen molar-refractivity contribution < 1.29 is 4.74 Å². The van der Waals surface area contributed by atoms with E-state index in [1.54, 1.807) is 0 Å². The summed E-state index contributed by atoms with van der Waals surface area (Å²) in [6.07, 6.45) is 0. The van der Waals surface area contributed by atoms with Gasteiger partial charge in [0.25, 0.3) is 0 Å². The van der Waals surface area contributed by atoms with Crippen LogP contribution in [0.25, 0.3) is 0 Å². The largest absolute Gasteiger partial charge is 0.384 e. The first-order valence-corrected chi connectivity index (χ1v) is 6.24. The van der Waals surface area contributed by atoms with E-state index >= 15 is 0 Å². The molecule has 1 rings (SSSR count). The minimum atomic E-state index is 0.101. The van der Waals surface area contributed by atoms with Crippen LogP contribution in [0.1, 0.15) is 19.4 Å². The molecule has 4 nitrogen and oxygen atoms in total. The summed E-state index contributed by atoms with van der Waals surface area (Å²) in [7, 11) is 2.03. The zero-order valence-corrected chi connectivity index (χ0v) is 11.4. The Hall–Kier alpha value is -1.55. The van der Waals surface area contributed by atoms with Gasteiger partial charge in [0.1, 0.15) is 5.84 Å². The molecular weight excluding hydrogens is 226 g/mol. The second-order valence-corrected chi connectivity index (χ2v) is 4.85. The van der Waals surface area contributed by atoms with Crippen LogP contribution in [0, 0.1) is 11.3 Å². The number of amidine groups is 1. The molecule has 0 heterocycles. The molecule has 0 amide bonds. The van der Waals surface area contributed by atoms with E-state index in [4.69, 9.17) is 15.9 Å². The number of ether oxygens (including phenoxy) is 1. The van der Waals surface area contributed by atoms with Gasteiger partial charge in [-0.05, 0) is 30.2 Å². The molecule has 0 unspecified atom stereocenters. The highest BCUT2D eigenvalue weighted by Gasteiger charge is 2.02. The topological polar surface area (TPSA) is 62.3 Å². The lowest BCUT2D eigenvalue weighted by atomic mass is 10.2. The van der Waals surface area contributed by atoms with Gasteiger partial charge in [-0.3, -0.25) is 5.41 Å². The van der Waals surface area contributed by atoms with E-state index in [1.165, 1.54) is 0 Å². The molecule has 0 aliphatic heterocycles. The Morgan fingerprint density at radius 2 is 1.94 bits per heavy atom. The molecule has 0 aromatic heterocycles. The minimum absolute atomic E-state index is 0.101. The van der Waals surface area contributed by atoms with Gasteiger partial charge in [-0.15, -0.1) is 0 Å². The van der Waals surface area contributed by atoms with Gasteiger partial charge in [0.05, 0.1) is 6.61 Å². The summed E-state index contributed by atoms with van der Waals surface area (Å²) in [5.41, 5.74) is 7.27. The number of hydrogen-bond donors (Lipinski definition) is 2. The van der Waals surface area contributed by atoms with Crippen molar-refractivity contribution in [1.29, 1.82) is 5.41 Å². The number of nitrogens with two attached hydrogens (primary N) is 1. The maximum atomic E-state index is 7.33. The number of nitrogen functional groups attached to an aromatic ring is 1. The van der Waals surface area contributed by atoms with E-state index in [0.29, 0.717) is 5.92 Å². The second kappa shape index (κ2) is 7.01. The van der Waals surface area contributed by atoms with Crippen molar-refractivity contribution in [2.45, 2.75) is 13.8 Å². The molecular formula is C14H23N3O. The van der Waals surface area contributed by atoms with Gasteiger partial charge in [-0.25, -0.2) is 0 Å². The number of nitrogens with one attached hydrogen (secondary N) is 1. The number of anilines is 1. The monoisotopic (exact) mass is 249 g/mol. The minimum Gasteiger partial charge on any atom is -0.384 e. The zero-order chi connectivity index (χ0) is 13.5. The lowest BCUT2D eigenvalue weighted by Gasteiger charge is -2.19. The van der Waals surface area contributed by atoms with Gasteiger partial charge in [-0.2, -0.15) is 0 Å². The van der Waals surface area contributed by atoms with Gasteiger partial charge in [-0.1, -0.05) is 13.8 Å². The van der Waals surface area contributed by atoms with Gasteiger partial charge >= 0.3 is 0 Å². The molecule has 3 N–H and O–H groups in total. The van der Waals surface area contributed by atoms with Crippen molar-refractivity contribution in [3.63, 3.8) is 0 Å². The van der Waals surface area contributed by atoms with E-state index < -0.39 is 0 Å². The Bertz CT molecular complexity index is 373. The van der Waals surface area contributed by atoms with Crippen molar-refractivity contribution in [2.24, 2.45) is 11.7 Å². The summed E-state index contributed by atoms with van der Waals surface area (Å²) in [6, 6.07) is 7.67. The van der Waals surface area contributed by atoms with Crippen molar-refractivity contribution in [3.8, 4) is 0 Å². The zero-order valence-electron chi connectivity index (χ0n) is 11.4. The fourth-order valence-corrected chi connectivity index (χ4v) is 1.55. The van der Waals surface area contributed by atoms with Crippen LogP contribution in [0.3, 0.4) is 0 Å². The molecule has 0 spiro atoms. The quantitative estimate of drug-likeness (QED) is 0.442. The highest BCUT2D eigenvalue weighted by Crippen LogP contribution is 2.13. The summed E-state index contributed by atoms with van der Waals surface area (Å²) in [4.78, 5) is 2.13. The predicted octanol–water partition coefficient (Wildman–Crippen LogP) is 2.08. The molecule has 1 aromatic rings. The van der Waals surface area contributed by atoms with Crippen molar-refractivity contribution >= 4 is 11.5 Å². The Morgan fingerprint density at radius 1 is 1.33 bits per heavy atom. The van der Waals surface area contributed by atoms with Crippen molar-refractivity contribution in [3.05, 3.63) is 29.8 Å². The predicted molar refractivity (Wildman–Crippen MR) is 76.4 cm³/mol. The molecule has 0 aliphatic carbocycles. The standard InChI is InChI=1S/C14H23N3O/c1-11(2)10-18-9-8-17(3)13-6-4-12(5-7-13)14(15)16/h4-7,11H,8-10H2,1-3H3,(H3,15,16). The van der Waals surface area contributed by atoms with Crippen LogP contribution in [-0.4, -0.2) is 32.6 Å². The number of hydrogen-bond acceptors (Lipinski definition) is 3. The average Bonchev–Trinajstić information content (AvgIpc) is 2.34. The van der Waals surface area contributed by atoms with Gasteiger partial charge < -0.3 is 15.4 Å². The smallest absolute Gasteiger partial charge is 0.122 e. The lowest BCUT2D eigenvalue weighted by molar-refractivity contribution is 0.116. The molecule has 0 radical (unpaired) electrons. The molecule has 0 aliphatic rings. The fraction of sp³-hybridized carbons (Fsp3) is 0.500. The maximum Gasteiger partial charge on any atom is 0.122 e. The molecule has 0 bridgehead atoms. The van der Waals surface area contributed by atoms with Gasteiger partial charge in [0.15, 0.2) is 0 Å². The number of likely N-dealkylation sites (N-methyl/N-ethyl adjacent to an activating group) is 1. The number of nitrogens with zero attached hydrogens (tertiary/aromatic N) is 1. The summed E-state index contributed by atoms with van der Waals surface area (Å²) >= 11 is 0. The molecule has 18 heavy (non-hydrogen) atoms. The van der Waals surface area contributed by atoms with Crippen molar-refractivity contribution in [1.82, 2.24) is 0 Å². The average molecular weight is 249 g/mol. The molecule has 0 saturated heterocycles. The molecule has 1 aromatic carbocycles. The SMILES string of the molecule is CC(C)COCCN(C)c1ccc(C(=N)N)cc1. The first-order chi connectivity index (χ1) is 8.50. The summed E-state index contributed by atoms with van der Waals surface area (Å²) in [6.45, 7) is 6.67. The van der Waals surface area contributed by atoms with Crippen LogP contribution >= 0.6 is 0 Å². The summed E-state index contributed by atoms with van der Waals surface area (Å²) in [5, 5.41) is 7.33. The fourth-order valence-electron chi connectivity index (χ4n) is 1.55. The molecule has 0 atom stereocenters. The van der Waals surface area contributed by atoms with Crippen LogP contribution in [0.2, 0.25) is 0 Å². The van der Waals surface area contributed by atoms with E-state index in [2.05, 4.69) is 18.7 Å². The third-order valence-corrected chi connectivity index (χ3v) is 2.64. The first kappa shape index (κ1) is 14.5. The molecule has 0 fully saturated rings. The summed E-state index contributed by atoms with van der Waals surface area (Å²) < 4.78 is 5.55. The van der Waals surface area contributed by atoms with Gasteiger partial charge in [0, 0.05) is 31.5 Å². The maximum absolute atomic E-state index is 7.33. The molecule has 0 saturated carbocycles. The van der Waals surface area contributed by atoms with E-state index in [1.807, 2.05) is 31.3 Å². The molecule has 4 heteroatoms. The van der Waals surface area contributed by atoms with Crippen LogP contribution in [0.4, 0.5) is 5.69 Å². The summed E-state index contributed by atoms with van der Waals surface area (Å²) in [5.74, 6) is 0.676. The highest BCUT2D eigenvalue weighted by atomic mass is 16.5. The Labute approximate surface area is 109 Å². The van der Waals surface area contributed by atoms with E-state index in [9.17, 15) is 0 Å². The lowest BCUT2D eigenvalue weighted by Crippen LogP contribution is -2.23. The third kappa shape index (κ3) is 4.75. The van der Waals surface area contributed by atoms with Crippen LogP contribution < -0.4 is 10.6 Å². The van der Waals surface area contributed by atoms with Gasteiger partial charge in [0.2, 0.25) is 0 Å². The first-order valence-electron chi connectivity index (χ1n) is 6.24. The van der Waals surface area contributed by atoms with Crippen molar-refractivity contribution in [2.75, 3.05) is 31.7 Å². The van der Waals surface area contributed by atoms with E-state index in [-0.39, 0.29) is 5.84 Å². The normalized spacial score (nSPS) is 10.7. The highest BCUT2D eigenvalue weighted by molar-refractivity contribution is 5.95. The van der Waals surface area contributed by atoms with Crippen LogP contribution in [0.5, 0.6) is 0 Å². The van der Waals surface area contributed by atoms with Crippen LogP contribution in [-0.2, 0) is 4.74 Å². The molecule has 100 valence electrons.